The zero-order valence-electron chi connectivity index (χ0n) is 13.6. The van der Waals surface area contributed by atoms with Crippen molar-refractivity contribution in [2.24, 2.45) is 0 Å². The molecule has 2 unspecified atom stereocenters. The van der Waals surface area contributed by atoms with Crippen molar-refractivity contribution in [3.8, 4) is 5.75 Å². The van der Waals surface area contributed by atoms with Crippen molar-refractivity contribution < 1.29 is 4.74 Å². The van der Waals surface area contributed by atoms with Crippen LogP contribution in [-0.4, -0.2) is 6.10 Å². The van der Waals surface area contributed by atoms with E-state index in [1.807, 2.05) is 0 Å². The van der Waals surface area contributed by atoms with Crippen LogP contribution < -0.4 is 4.74 Å². The lowest BCUT2D eigenvalue weighted by molar-refractivity contribution is 0.237. The normalized spacial score (nSPS) is 20.5. The van der Waals surface area contributed by atoms with Crippen LogP contribution >= 0.6 is 0 Å². The highest BCUT2D eigenvalue weighted by Crippen LogP contribution is 2.44. The SMILES string of the molecule is Cc1ccc2c(c1C)OC(C)C2c1ccc(C(C)C)cc1. The fourth-order valence-electron chi connectivity index (χ4n) is 3.26. The summed E-state index contributed by atoms with van der Waals surface area (Å²) in [5, 5.41) is 0. The third-order valence-electron chi connectivity index (χ3n) is 4.78. The summed E-state index contributed by atoms with van der Waals surface area (Å²) in [6.07, 6.45) is 0.199. The summed E-state index contributed by atoms with van der Waals surface area (Å²) >= 11 is 0. The molecule has 0 aromatic heterocycles. The fraction of sp³-hybridized carbons (Fsp3) is 0.400. The molecule has 0 spiro atoms. The molecule has 21 heavy (non-hydrogen) atoms. The van der Waals surface area contributed by atoms with E-state index in [0.29, 0.717) is 11.8 Å². The average molecular weight is 280 g/mol. The van der Waals surface area contributed by atoms with Gasteiger partial charge >= 0.3 is 0 Å². The molecule has 0 saturated carbocycles. The summed E-state index contributed by atoms with van der Waals surface area (Å²) in [5.41, 5.74) is 6.67. The van der Waals surface area contributed by atoms with Gasteiger partial charge in [0.25, 0.3) is 0 Å². The van der Waals surface area contributed by atoms with Gasteiger partial charge in [-0.15, -0.1) is 0 Å². The smallest absolute Gasteiger partial charge is 0.126 e. The van der Waals surface area contributed by atoms with Crippen LogP contribution in [0.25, 0.3) is 0 Å². The van der Waals surface area contributed by atoms with Crippen LogP contribution in [0.4, 0.5) is 0 Å². The van der Waals surface area contributed by atoms with Gasteiger partial charge in [-0.3, -0.25) is 0 Å². The lowest BCUT2D eigenvalue weighted by Gasteiger charge is -2.16. The van der Waals surface area contributed by atoms with Crippen molar-refractivity contribution in [1.82, 2.24) is 0 Å². The molecule has 2 aromatic carbocycles. The van der Waals surface area contributed by atoms with E-state index in [4.69, 9.17) is 4.74 Å². The van der Waals surface area contributed by atoms with Gasteiger partial charge < -0.3 is 4.74 Å². The number of benzene rings is 2. The second-order valence-corrected chi connectivity index (χ2v) is 6.55. The Morgan fingerprint density at radius 1 is 0.952 bits per heavy atom. The van der Waals surface area contributed by atoms with E-state index >= 15 is 0 Å². The fourth-order valence-corrected chi connectivity index (χ4v) is 3.26. The first-order valence-corrected chi connectivity index (χ1v) is 7.85. The summed E-state index contributed by atoms with van der Waals surface area (Å²) < 4.78 is 6.16. The Balaban J connectivity index is 2.02. The zero-order valence-corrected chi connectivity index (χ0v) is 13.6. The maximum absolute atomic E-state index is 6.16. The predicted molar refractivity (Wildman–Crippen MR) is 88.4 cm³/mol. The van der Waals surface area contributed by atoms with Crippen molar-refractivity contribution in [3.05, 3.63) is 64.2 Å². The van der Waals surface area contributed by atoms with Crippen LogP contribution in [-0.2, 0) is 0 Å². The Bertz CT molecular complexity index is 652. The van der Waals surface area contributed by atoms with Gasteiger partial charge in [-0.05, 0) is 48.9 Å². The van der Waals surface area contributed by atoms with Crippen molar-refractivity contribution in [3.63, 3.8) is 0 Å². The molecular weight excluding hydrogens is 256 g/mol. The number of ether oxygens (including phenoxy) is 1. The Hall–Kier alpha value is -1.76. The molecule has 3 rings (SSSR count). The van der Waals surface area contributed by atoms with E-state index in [1.165, 1.54) is 27.8 Å². The highest BCUT2D eigenvalue weighted by Gasteiger charge is 2.33. The first-order chi connectivity index (χ1) is 9.99. The van der Waals surface area contributed by atoms with Crippen LogP contribution in [0, 0.1) is 13.8 Å². The largest absolute Gasteiger partial charge is 0.489 e. The van der Waals surface area contributed by atoms with E-state index in [0.717, 1.165) is 5.75 Å². The standard InChI is InChI=1S/C20H24O/c1-12(2)16-7-9-17(10-8-16)19-15(5)21-20-14(4)13(3)6-11-18(19)20/h6-12,15,19H,1-5H3. The zero-order chi connectivity index (χ0) is 15.1. The van der Waals surface area contributed by atoms with Crippen LogP contribution in [0.15, 0.2) is 36.4 Å². The maximum atomic E-state index is 6.16. The minimum atomic E-state index is 0.199. The van der Waals surface area contributed by atoms with Crippen LogP contribution in [0.2, 0.25) is 0 Å². The summed E-state index contributed by atoms with van der Waals surface area (Å²) in [6, 6.07) is 13.5. The van der Waals surface area contributed by atoms with Crippen molar-refractivity contribution in [2.45, 2.75) is 52.6 Å². The molecule has 1 heteroatoms. The molecular formula is C20H24O. The van der Waals surface area contributed by atoms with Crippen LogP contribution in [0.3, 0.4) is 0 Å². The summed E-state index contributed by atoms with van der Waals surface area (Å²) in [6.45, 7) is 10.9. The first-order valence-electron chi connectivity index (χ1n) is 7.85. The number of rotatable bonds is 2. The molecule has 1 aliphatic heterocycles. The second kappa shape index (κ2) is 5.22. The number of aryl methyl sites for hydroxylation is 1. The van der Waals surface area contributed by atoms with E-state index in [9.17, 15) is 0 Å². The second-order valence-electron chi connectivity index (χ2n) is 6.55. The van der Waals surface area contributed by atoms with Gasteiger partial charge in [0, 0.05) is 11.5 Å². The molecule has 0 N–H and O–H groups in total. The molecule has 0 amide bonds. The lowest BCUT2D eigenvalue weighted by Crippen LogP contribution is -2.15. The highest BCUT2D eigenvalue weighted by atomic mass is 16.5. The first kappa shape index (κ1) is 14.2. The van der Waals surface area contributed by atoms with Gasteiger partial charge in [0.05, 0.1) is 0 Å². The van der Waals surface area contributed by atoms with Crippen LogP contribution in [0.5, 0.6) is 5.75 Å². The Kier molecular flexibility index (Phi) is 3.52. The molecule has 0 fully saturated rings. The van der Waals surface area contributed by atoms with Crippen molar-refractivity contribution in [1.29, 1.82) is 0 Å². The summed E-state index contributed by atoms with van der Waals surface area (Å²) in [5.74, 6) is 2.02. The highest BCUT2D eigenvalue weighted by molar-refractivity contribution is 5.53. The summed E-state index contributed by atoms with van der Waals surface area (Å²) in [4.78, 5) is 0. The van der Waals surface area contributed by atoms with Gasteiger partial charge in [-0.1, -0.05) is 50.2 Å². The Labute approximate surface area is 128 Å². The average Bonchev–Trinajstić information content (AvgIpc) is 2.80. The predicted octanol–water partition coefficient (Wildman–Crippen LogP) is 5.34. The van der Waals surface area contributed by atoms with Gasteiger partial charge in [0.2, 0.25) is 0 Å². The lowest BCUT2D eigenvalue weighted by atomic mass is 9.86. The number of fused-ring (bicyclic) bond motifs is 1. The van der Waals surface area contributed by atoms with Gasteiger partial charge in [0.1, 0.15) is 11.9 Å². The third kappa shape index (κ3) is 2.35. The molecule has 0 aliphatic carbocycles. The summed E-state index contributed by atoms with van der Waals surface area (Å²) in [7, 11) is 0. The molecule has 0 saturated heterocycles. The number of hydrogen-bond acceptors (Lipinski definition) is 1. The maximum Gasteiger partial charge on any atom is 0.126 e. The molecule has 1 aliphatic rings. The molecule has 1 nitrogen and oxygen atoms in total. The van der Waals surface area contributed by atoms with Crippen molar-refractivity contribution in [2.75, 3.05) is 0 Å². The van der Waals surface area contributed by atoms with Crippen LogP contribution in [0.1, 0.15) is 60.4 Å². The molecule has 110 valence electrons. The quantitative estimate of drug-likeness (QED) is 0.721. The van der Waals surface area contributed by atoms with E-state index in [2.05, 4.69) is 71.0 Å². The van der Waals surface area contributed by atoms with E-state index in [-0.39, 0.29) is 6.10 Å². The van der Waals surface area contributed by atoms with Gasteiger partial charge in [0.15, 0.2) is 0 Å². The minimum absolute atomic E-state index is 0.199. The minimum Gasteiger partial charge on any atom is -0.489 e. The Morgan fingerprint density at radius 3 is 2.24 bits per heavy atom. The van der Waals surface area contributed by atoms with E-state index in [1.54, 1.807) is 0 Å². The molecule has 2 aromatic rings. The molecule has 1 heterocycles. The van der Waals surface area contributed by atoms with Gasteiger partial charge in [-0.2, -0.15) is 0 Å². The van der Waals surface area contributed by atoms with E-state index < -0.39 is 0 Å². The monoisotopic (exact) mass is 280 g/mol. The topological polar surface area (TPSA) is 9.23 Å². The Morgan fingerprint density at radius 2 is 1.62 bits per heavy atom. The van der Waals surface area contributed by atoms with Gasteiger partial charge in [-0.25, -0.2) is 0 Å². The van der Waals surface area contributed by atoms with Crippen molar-refractivity contribution >= 4 is 0 Å². The molecule has 0 radical (unpaired) electrons. The molecule has 0 bridgehead atoms. The molecule has 2 atom stereocenters. The third-order valence-corrected chi connectivity index (χ3v) is 4.78. The number of hydrogen-bond donors (Lipinski definition) is 0.